The molecule has 0 atom stereocenters. The third-order valence-corrected chi connectivity index (χ3v) is 4.69. The summed E-state index contributed by atoms with van der Waals surface area (Å²) in [5.41, 5.74) is 0.520. The summed E-state index contributed by atoms with van der Waals surface area (Å²) in [6, 6.07) is 13.2. The first kappa shape index (κ1) is 18.9. The molecule has 1 amide bonds. The number of likely N-dealkylation sites (tertiary alicyclic amines) is 1. The van der Waals surface area contributed by atoms with Gasteiger partial charge in [0, 0.05) is 31.5 Å². The van der Waals surface area contributed by atoms with Gasteiger partial charge in [0.05, 0.1) is 21.3 Å². The van der Waals surface area contributed by atoms with Crippen LogP contribution in [-0.4, -0.2) is 51.3 Å². The van der Waals surface area contributed by atoms with Gasteiger partial charge in [-0.25, -0.2) is 0 Å². The number of nitrogens with zero attached hydrogens (tertiary/aromatic N) is 1. The smallest absolute Gasteiger partial charge is 0.254 e. The van der Waals surface area contributed by atoms with E-state index in [4.69, 9.17) is 18.9 Å². The van der Waals surface area contributed by atoms with Crippen molar-refractivity contribution < 1.29 is 23.7 Å². The molecular weight excluding hydrogens is 346 g/mol. The van der Waals surface area contributed by atoms with Crippen LogP contribution < -0.4 is 18.9 Å². The summed E-state index contributed by atoms with van der Waals surface area (Å²) in [6.45, 7) is 1.29. The highest BCUT2D eigenvalue weighted by Crippen LogP contribution is 2.38. The van der Waals surface area contributed by atoms with Crippen LogP contribution in [0.1, 0.15) is 23.2 Å². The van der Waals surface area contributed by atoms with Gasteiger partial charge in [-0.3, -0.25) is 4.79 Å². The number of benzene rings is 2. The number of hydrogen-bond acceptors (Lipinski definition) is 5. The summed E-state index contributed by atoms with van der Waals surface area (Å²) in [6.07, 6.45) is 1.72. The van der Waals surface area contributed by atoms with E-state index in [-0.39, 0.29) is 12.0 Å². The average Bonchev–Trinajstić information content (AvgIpc) is 2.73. The number of methoxy groups -OCH3 is 3. The molecule has 6 heteroatoms. The zero-order valence-electron chi connectivity index (χ0n) is 15.9. The van der Waals surface area contributed by atoms with E-state index < -0.39 is 0 Å². The first-order chi connectivity index (χ1) is 13.2. The second-order valence-electron chi connectivity index (χ2n) is 6.34. The molecule has 0 saturated carbocycles. The molecule has 1 saturated heterocycles. The molecule has 1 heterocycles. The highest BCUT2D eigenvalue weighted by atomic mass is 16.5. The van der Waals surface area contributed by atoms with Crippen LogP contribution in [0.3, 0.4) is 0 Å². The molecule has 27 heavy (non-hydrogen) atoms. The van der Waals surface area contributed by atoms with E-state index >= 15 is 0 Å². The topological polar surface area (TPSA) is 57.2 Å². The largest absolute Gasteiger partial charge is 0.493 e. The van der Waals surface area contributed by atoms with Gasteiger partial charge in [-0.2, -0.15) is 0 Å². The Morgan fingerprint density at radius 2 is 1.52 bits per heavy atom. The highest BCUT2D eigenvalue weighted by molar-refractivity contribution is 5.95. The second-order valence-corrected chi connectivity index (χ2v) is 6.34. The molecule has 0 N–H and O–H groups in total. The van der Waals surface area contributed by atoms with Gasteiger partial charge < -0.3 is 23.8 Å². The fraction of sp³-hybridized carbons (Fsp3) is 0.381. The van der Waals surface area contributed by atoms with E-state index in [9.17, 15) is 4.79 Å². The van der Waals surface area contributed by atoms with Crippen LogP contribution in [0.15, 0.2) is 42.5 Å². The van der Waals surface area contributed by atoms with Crippen molar-refractivity contribution in [3.63, 3.8) is 0 Å². The van der Waals surface area contributed by atoms with Crippen LogP contribution in [0.5, 0.6) is 23.0 Å². The van der Waals surface area contributed by atoms with E-state index in [1.165, 1.54) is 14.2 Å². The van der Waals surface area contributed by atoms with Gasteiger partial charge in [0.25, 0.3) is 5.91 Å². The Labute approximate surface area is 159 Å². The SMILES string of the molecule is COc1cc(C(=O)N2CCC(Oc3ccccc3)CC2)cc(OC)c1OC. The third-order valence-electron chi connectivity index (χ3n) is 4.69. The van der Waals surface area contributed by atoms with E-state index in [2.05, 4.69) is 0 Å². The second kappa shape index (κ2) is 8.66. The molecule has 0 spiro atoms. The van der Waals surface area contributed by atoms with Crippen molar-refractivity contribution in [3.05, 3.63) is 48.0 Å². The predicted molar refractivity (Wildman–Crippen MR) is 102 cm³/mol. The first-order valence-electron chi connectivity index (χ1n) is 8.97. The van der Waals surface area contributed by atoms with Gasteiger partial charge >= 0.3 is 0 Å². The van der Waals surface area contributed by atoms with Crippen molar-refractivity contribution in [1.82, 2.24) is 4.90 Å². The molecule has 1 aliphatic rings. The number of para-hydroxylation sites is 1. The Morgan fingerprint density at radius 1 is 0.926 bits per heavy atom. The first-order valence-corrected chi connectivity index (χ1v) is 8.97. The normalized spacial score (nSPS) is 14.6. The fourth-order valence-corrected chi connectivity index (χ4v) is 3.26. The Bertz CT molecular complexity index is 744. The lowest BCUT2D eigenvalue weighted by Crippen LogP contribution is -2.41. The zero-order valence-corrected chi connectivity index (χ0v) is 15.9. The number of rotatable bonds is 6. The number of carbonyl (C=O) groups is 1. The maximum atomic E-state index is 12.9. The molecule has 0 aromatic heterocycles. The van der Waals surface area contributed by atoms with Crippen LogP contribution in [0.4, 0.5) is 0 Å². The number of amides is 1. The molecule has 0 unspecified atom stereocenters. The molecule has 6 nitrogen and oxygen atoms in total. The number of ether oxygens (including phenoxy) is 4. The summed E-state index contributed by atoms with van der Waals surface area (Å²) in [7, 11) is 4.62. The Kier molecular flexibility index (Phi) is 6.06. The number of hydrogen-bond donors (Lipinski definition) is 0. The lowest BCUT2D eigenvalue weighted by atomic mass is 10.1. The standard InChI is InChI=1S/C21H25NO5/c1-24-18-13-15(14-19(25-2)20(18)26-3)21(23)22-11-9-17(10-12-22)27-16-7-5-4-6-8-16/h4-8,13-14,17H,9-12H2,1-3H3. The van der Waals surface area contributed by atoms with Crippen molar-refractivity contribution in [2.45, 2.75) is 18.9 Å². The molecule has 2 aromatic carbocycles. The summed E-state index contributed by atoms with van der Waals surface area (Å²) in [5.74, 6) is 2.25. The van der Waals surface area contributed by atoms with E-state index in [0.717, 1.165) is 18.6 Å². The molecule has 1 fully saturated rings. The maximum Gasteiger partial charge on any atom is 0.254 e. The van der Waals surface area contributed by atoms with Gasteiger partial charge in [0.15, 0.2) is 11.5 Å². The maximum absolute atomic E-state index is 12.9. The number of carbonyl (C=O) groups excluding carboxylic acids is 1. The van der Waals surface area contributed by atoms with Gasteiger partial charge in [-0.1, -0.05) is 18.2 Å². The molecule has 2 aromatic rings. The average molecular weight is 371 g/mol. The quantitative estimate of drug-likeness (QED) is 0.779. The van der Waals surface area contributed by atoms with Crippen LogP contribution in [-0.2, 0) is 0 Å². The minimum atomic E-state index is -0.0487. The van der Waals surface area contributed by atoms with Crippen molar-refractivity contribution in [1.29, 1.82) is 0 Å². The Hall–Kier alpha value is -2.89. The van der Waals surface area contributed by atoms with Gasteiger partial charge in [-0.05, 0) is 24.3 Å². The van der Waals surface area contributed by atoms with E-state index in [0.29, 0.717) is 35.9 Å². The zero-order chi connectivity index (χ0) is 19.2. The summed E-state index contributed by atoms with van der Waals surface area (Å²) in [4.78, 5) is 14.8. The van der Waals surface area contributed by atoms with Crippen molar-refractivity contribution >= 4 is 5.91 Å². The molecule has 144 valence electrons. The van der Waals surface area contributed by atoms with Crippen molar-refractivity contribution in [2.75, 3.05) is 34.4 Å². The molecular formula is C21H25NO5. The third kappa shape index (κ3) is 4.27. The Morgan fingerprint density at radius 3 is 2.04 bits per heavy atom. The Balaban J connectivity index is 1.67. The molecule has 1 aliphatic heterocycles. The molecule has 0 aliphatic carbocycles. The molecule has 3 rings (SSSR count). The van der Waals surface area contributed by atoms with Crippen LogP contribution in [0, 0.1) is 0 Å². The van der Waals surface area contributed by atoms with Gasteiger partial charge in [0.1, 0.15) is 11.9 Å². The summed E-state index contributed by atoms with van der Waals surface area (Å²) in [5, 5.41) is 0. The van der Waals surface area contributed by atoms with Crippen molar-refractivity contribution in [3.8, 4) is 23.0 Å². The van der Waals surface area contributed by atoms with Crippen LogP contribution >= 0.6 is 0 Å². The van der Waals surface area contributed by atoms with Crippen LogP contribution in [0.2, 0.25) is 0 Å². The summed E-state index contributed by atoms with van der Waals surface area (Å²) < 4.78 is 22.0. The monoisotopic (exact) mass is 371 g/mol. The van der Waals surface area contributed by atoms with Crippen LogP contribution in [0.25, 0.3) is 0 Å². The van der Waals surface area contributed by atoms with E-state index in [1.54, 1.807) is 19.2 Å². The lowest BCUT2D eigenvalue weighted by Gasteiger charge is -2.32. The predicted octanol–water partition coefficient (Wildman–Crippen LogP) is 3.40. The van der Waals surface area contributed by atoms with Gasteiger partial charge in [-0.15, -0.1) is 0 Å². The molecule has 0 bridgehead atoms. The molecule has 0 radical (unpaired) electrons. The lowest BCUT2D eigenvalue weighted by molar-refractivity contribution is 0.0595. The number of piperidine rings is 1. The highest BCUT2D eigenvalue weighted by Gasteiger charge is 2.26. The summed E-state index contributed by atoms with van der Waals surface area (Å²) >= 11 is 0. The minimum absolute atomic E-state index is 0.0487. The van der Waals surface area contributed by atoms with Gasteiger partial charge in [0.2, 0.25) is 5.75 Å². The fourth-order valence-electron chi connectivity index (χ4n) is 3.26. The van der Waals surface area contributed by atoms with E-state index in [1.807, 2.05) is 35.2 Å². The minimum Gasteiger partial charge on any atom is -0.493 e. The van der Waals surface area contributed by atoms with Crippen molar-refractivity contribution in [2.24, 2.45) is 0 Å².